The Balaban J connectivity index is 2.51. The first-order valence-electron chi connectivity index (χ1n) is 7.46. The van der Waals surface area contributed by atoms with Gasteiger partial charge in [0.2, 0.25) is 0 Å². The third-order valence-electron chi connectivity index (χ3n) is 3.73. The average Bonchev–Trinajstić information content (AvgIpc) is 2.81. The normalized spacial score (nSPS) is 14.2. The Bertz CT molecular complexity index is 569. The molecule has 1 aromatic carbocycles. The van der Waals surface area contributed by atoms with Crippen molar-refractivity contribution in [2.75, 3.05) is 0 Å². The van der Waals surface area contributed by atoms with Crippen LogP contribution in [0.5, 0.6) is 0 Å². The summed E-state index contributed by atoms with van der Waals surface area (Å²) in [7, 11) is 0. The van der Waals surface area contributed by atoms with Gasteiger partial charge in [0.25, 0.3) is 0 Å². The van der Waals surface area contributed by atoms with Gasteiger partial charge in [-0.1, -0.05) is 43.7 Å². The Labute approximate surface area is 121 Å². The summed E-state index contributed by atoms with van der Waals surface area (Å²) in [4.78, 5) is 0. The summed E-state index contributed by atoms with van der Waals surface area (Å²) in [5.41, 5.74) is 11.2. The Morgan fingerprint density at radius 3 is 2.50 bits per heavy atom. The summed E-state index contributed by atoms with van der Waals surface area (Å²) in [6.07, 6.45) is 1.93. The van der Waals surface area contributed by atoms with Crippen LogP contribution in [-0.4, -0.2) is 15.8 Å². The third kappa shape index (κ3) is 2.93. The van der Waals surface area contributed by atoms with Crippen molar-refractivity contribution in [2.24, 2.45) is 5.73 Å². The molecule has 0 aliphatic carbocycles. The fraction of sp³-hybridized carbons (Fsp3) is 0.471. The zero-order valence-electron chi connectivity index (χ0n) is 12.9. The van der Waals surface area contributed by atoms with Crippen LogP contribution in [0.3, 0.4) is 0 Å². The van der Waals surface area contributed by atoms with Gasteiger partial charge in [-0.05, 0) is 38.3 Å². The second-order valence-electron chi connectivity index (χ2n) is 5.50. The van der Waals surface area contributed by atoms with Gasteiger partial charge in [0.15, 0.2) is 0 Å². The van der Waals surface area contributed by atoms with Gasteiger partial charge >= 0.3 is 0 Å². The minimum Gasteiger partial charge on any atom is -0.326 e. The zero-order chi connectivity index (χ0) is 14.7. The lowest BCUT2D eigenvalue weighted by Gasteiger charge is -2.24. The largest absolute Gasteiger partial charge is 0.326 e. The monoisotopic (exact) mass is 271 g/mol. The quantitative estimate of drug-likeness (QED) is 0.907. The molecule has 2 unspecified atom stereocenters. The van der Waals surface area contributed by atoms with E-state index in [2.05, 4.69) is 62.7 Å². The van der Waals surface area contributed by atoms with Gasteiger partial charge in [0, 0.05) is 11.7 Å². The fourth-order valence-corrected chi connectivity index (χ4v) is 2.69. The van der Waals surface area contributed by atoms with E-state index in [1.165, 1.54) is 16.8 Å². The van der Waals surface area contributed by atoms with Crippen LogP contribution in [0, 0.1) is 6.92 Å². The van der Waals surface area contributed by atoms with Crippen LogP contribution >= 0.6 is 0 Å². The summed E-state index contributed by atoms with van der Waals surface area (Å²) in [5.74, 6) is 0. The SMILES string of the molecule is CCc1cc(CC)n(C(c2cccc(C)c2)C(C)N)n1. The van der Waals surface area contributed by atoms with Gasteiger partial charge in [-0.2, -0.15) is 5.10 Å². The molecular formula is C17H25N3. The minimum atomic E-state index is 0.0201. The smallest absolute Gasteiger partial charge is 0.0919 e. The highest BCUT2D eigenvalue weighted by molar-refractivity contribution is 5.28. The summed E-state index contributed by atoms with van der Waals surface area (Å²) in [6, 6.07) is 10.9. The lowest BCUT2D eigenvalue weighted by Crippen LogP contribution is -2.32. The van der Waals surface area contributed by atoms with Gasteiger partial charge in [0.05, 0.1) is 11.7 Å². The van der Waals surface area contributed by atoms with E-state index in [0.717, 1.165) is 18.5 Å². The number of nitrogens with zero attached hydrogens (tertiary/aromatic N) is 2. The molecular weight excluding hydrogens is 246 g/mol. The van der Waals surface area contributed by atoms with Crippen LogP contribution in [0.25, 0.3) is 0 Å². The molecule has 3 nitrogen and oxygen atoms in total. The molecule has 3 heteroatoms. The first-order chi connectivity index (χ1) is 9.56. The van der Waals surface area contributed by atoms with E-state index in [1.54, 1.807) is 0 Å². The van der Waals surface area contributed by atoms with E-state index < -0.39 is 0 Å². The molecule has 0 spiro atoms. The van der Waals surface area contributed by atoms with Crippen LogP contribution in [0.1, 0.15) is 49.3 Å². The molecule has 0 saturated heterocycles. The van der Waals surface area contributed by atoms with Gasteiger partial charge in [-0.25, -0.2) is 0 Å². The zero-order valence-corrected chi connectivity index (χ0v) is 12.9. The molecule has 2 atom stereocenters. The second-order valence-corrected chi connectivity index (χ2v) is 5.50. The lowest BCUT2D eigenvalue weighted by molar-refractivity contribution is 0.438. The molecule has 2 N–H and O–H groups in total. The highest BCUT2D eigenvalue weighted by atomic mass is 15.3. The number of nitrogens with two attached hydrogens (primary N) is 1. The van der Waals surface area contributed by atoms with Crippen LogP contribution in [0.4, 0.5) is 0 Å². The van der Waals surface area contributed by atoms with Crippen molar-refractivity contribution < 1.29 is 0 Å². The summed E-state index contributed by atoms with van der Waals surface area (Å²) >= 11 is 0. The van der Waals surface area contributed by atoms with Crippen molar-refractivity contribution in [1.29, 1.82) is 0 Å². The summed E-state index contributed by atoms with van der Waals surface area (Å²) in [5, 5.41) is 4.76. The van der Waals surface area contributed by atoms with Crippen LogP contribution in [0.15, 0.2) is 30.3 Å². The number of aromatic nitrogens is 2. The molecule has 2 rings (SSSR count). The maximum absolute atomic E-state index is 6.26. The Morgan fingerprint density at radius 1 is 1.20 bits per heavy atom. The first-order valence-corrected chi connectivity index (χ1v) is 7.46. The molecule has 0 bridgehead atoms. The van der Waals surface area contributed by atoms with E-state index in [1.807, 2.05) is 0 Å². The third-order valence-corrected chi connectivity index (χ3v) is 3.73. The van der Waals surface area contributed by atoms with Gasteiger partial charge in [-0.15, -0.1) is 0 Å². The predicted molar refractivity (Wildman–Crippen MR) is 84.0 cm³/mol. The summed E-state index contributed by atoms with van der Waals surface area (Å²) in [6.45, 7) is 8.48. The molecule has 0 saturated carbocycles. The molecule has 0 fully saturated rings. The van der Waals surface area contributed by atoms with E-state index in [-0.39, 0.29) is 12.1 Å². The Hall–Kier alpha value is -1.61. The van der Waals surface area contributed by atoms with Crippen LogP contribution in [0.2, 0.25) is 0 Å². The number of benzene rings is 1. The van der Waals surface area contributed by atoms with E-state index >= 15 is 0 Å². The molecule has 0 radical (unpaired) electrons. The van der Waals surface area contributed by atoms with Gasteiger partial charge < -0.3 is 5.73 Å². The number of aryl methyl sites for hydroxylation is 3. The number of hydrogen-bond donors (Lipinski definition) is 1. The van der Waals surface area contributed by atoms with Gasteiger partial charge in [0.1, 0.15) is 0 Å². The molecule has 2 aromatic rings. The van der Waals surface area contributed by atoms with Crippen molar-refractivity contribution >= 4 is 0 Å². The maximum atomic E-state index is 6.26. The van der Waals surface area contributed by atoms with Crippen molar-refractivity contribution in [3.8, 4) is 0 Å². The van der Waals surface area contributed by atoms with Crippen LogP contribution in [-0.2, 0) is 12.8 Å². The lowest BCUT2D eigenvalue weighted by atomic mass is 9.99. The number of rotatable bonds is 5. The molecule has 1 aromatic heterocycles. The molecule has 20 heavy (non-hydrogen) atoms. The molecule has 0 aliphatic heterocycles. The standard InChI is InChI=1S/C17H25N3/c1-5-15-11-16(6-2)20(19-15)17(13(4)18)14-9-7-8-12(3)10-14/h7-11,13,17H,5-6,18H2,1-4H3. The Morgan fingerprint density at radius 2 is 1.95 bits per heavy atom. The predicted octanol–water partition coefficient (Wildman–Crippen LogP) is 3.25. The van der Waals surface area contributed by atoms with Crippen molar-refractivity contribution in [3.63, 3.8) is 0 Å². The highest BCUT2D eigenvalue weighted by Crippen LogP contribution is 2.24. The molecule has 108 valence electrons. The topological polar surface area (TPSA) is 43.8 Å². The van der Waals surface area contributed by atoms with Crippen molar-refractivity contribution in [2.45, 2.75) is 52.6 Å². The summed E-state index contributed by atoms with van der Waals surface area (Å²) < 4.78 is 2.12. The molecule has 0 aliphatic rings. The van der Waals surface area contributed by atoms with Crippen molar-refractivity contribution in [3.05, 3.63) is 52.8 Å². The average molecular weight is 271 g/mol. The Kier molecular flexibility index (Phi) is 4.61. The van der Waals surface area contributed by atoms with E-state index in [0.29, 0.717) is 0 Å². The maximum Gasteiger partial charge on any atom is 0.0919 e. The molecule has 1 heterocycles. The fourth-order valence-electron chi connectivity index (χ4n) is 2.69. The van der Waals surface area contributed by atoms with Gasteiger partial charge in [-0.3, -0.25) is 4.68 Å². The number of hydrogen-bond acceptors (Lipinski definition) is 2. The minimum absolute atomic E-state index is 0.0201. The second kappa shape index (κ2) is 6.23. The van der Waals surface area contributed by atoms with Crippen molar-refractivity contribution in [1.82, 2.24) is 9.78 Å². The highest BCUT2D eigenvalue weighted by Gasteiger charge is 2.22. The molecule has 0 amide bonds. The van der Waals surface area contributed by atoms with E-state index in [4.69, 9.17) is 10.8 Å². The van der Waals surface area contributed by atoms with Crippen LogP contribution < -0.4 is 5.73 Å². The first kappa shape index (κ1) is 14.8. The van der Waals surface area contributed by atoms with E-state index in [9.17, 15) is 0 Å².